The molecule has 1 aromatic carbocycles. The monoisotopic (exact) mass is 608 g/mol. The first kappa shape index (κ1) is 30.8. The van der Waals surface area contributed by atoms with Gasteiger partial charge in [0.2, 0.25) is 11.7 Å². The lowest BCUT2D eigenvalue weighted by molar-refractivity contribution is -0.153. The summed E-state index contributed by atoms with van der Waals surface area (Å²) in [6.45, 7) is 9.05. The molecule has 0 aliphatic carbocycles. The SMILES string of the molecule is C=C(/C=C(/C)NN)Nc1nc(Nc2cc(C)c(C3CCN(C(=O)c4nc(C)oc4C(F)(F)F)CC3)cc2F)ncc1Cl. The Morgan fingerprint density at radius 2 is 1.93 bits per heavy atom. The second-order valence-electron chi connectivity index (χ2n) is 9.80. The molecule has 0 saturated carbocycles. The molecule has 42 heavy (non-hydrogen) atoms. The number of carbonyl (C=O) groups is 1. The van der Waals surface area contributed by atoms with Crippen LogP contribution in [0, 0.1) is 19.7 Å². The van der Waals surface area contributed by atoms with Gasteiger partial charge in [-0.2, -0.15) is 18.2 Å². The lowest BCUT2D eigenvalue weighted by Gasteiger charge is -2.32. The summed E-state index contributed by atoms with van der Waals surface area (Å²) < 4.78 is 59.8. The van der Waals surface area contributed by atoms with Crippen molar-refractivity contribution in [3.05, 3.63) is 81.7 Å². The van der Waals surface area contributed by atoms with Crippen LogP contribution in [0.15, 0.2) is 46.8 Å². The van der Waals surface area contributed by atoms with Crippen LogP contribution in [0.1, 0.15) is 58.9 Å². The highest BCUT2D eigenvalue weighted by Gasteiger charge is 2.42. The number of oxazole rings is 1. The molecule has 224 valence electrons. The van der Waals surface area contributed by atoms with Gasteiger partial charge in [-0.1, -0.05) is 18.2 Å². The van der Waals surface area contributed by atoms with Gasteiger partial charge in [0.15, 0.2) is 17.4 Å². The predicted octanol–water partition coefficient (Wildman–Crippen LogP) is 5.95. The van der Waals surface area contributed by atoms with Crippen LogP contribution < -0.4 is 21.9 Å². The van der Waals surface area contributed by atoms with Crippen molar-refractivity contribution in [2.24, 2.45) is 5.84 Å². The summed E-state index contributed by atoms with van der Waals surface area (Å²) >= 11 is 6.20. The molecule has 0 spiro atoms. The number of likely N-dealkylation sites (tertiary alicyclic amines) is 1. The smallest absolute Gasteiger partial charge is 0.436 e. The first-order valence-electron chi connectivity index (χ1n) is 12.8. The van der Waals surface area contributed by atoms with E-state index in [0.717, 1.165) is 11.1 Å². The molecule has 1 aliphatic heterocycles. The average Bonchev–Trinajstić information content (AvgIpc) is 3.34. The van der Waals surface area contributed by atoms with Crippen molar-refractivity contribution in [1.82, 2.24) is 25.3 Å². The zero-order valence-corrected chi connectivity index (χ0v) is 23.8. The van der Waals surface area contributed by atoms with E-state index in [1.807, 2.05) is 6.92 Å². The minimum absolute atomic E-state index is 0.0894. The molecule has 15 heteroatoms. The lowest BCUT2D eigenvalue weighted by Crippen LogP contribution is -2.39. The summed E-state index contributed by atoms with van der Waals surface area (Å²) in [5, 5.41) is 6.02. The number of hydrogen-bond donors (Lipinski definition) is 4. The number of nitrogens with zero attached hydrogens (tertiary/aromatic N) is 4. The number of nitrogens with two attached hydrogens (primary N) is 1. The molecule has 5 N–H and O–H groups in total. The molecule has 1 aliphatic rings. The van der Waals surface area contributed by atoms with E-state index in [9.17, 15) is 18.0 Å². The van der Waals surface area contributed by atoms with Crippen LogP contribution in [0.2, 0.25) is 5.02 Å². The number of rotatable bonds is 8. The highest BCUT2D eigenvalue weighted by molar-refractivity contribution is 6.32. The van der Waals surface area contributed by atoms with Crippen molar-refractivity contribution in [3.63, 3.8) is 0 Å². The van der Waals surface area contributed by atoms with Crippen LogP contribution in [-0.2, 0) is 6.18 Å². The van der Waals surface area contributed by atoms with Crippen molar-refractivity contribution in [1.29, 1.82) is 0 Å². The molecular weight excluding hydrogens is 580 g/mol. The third-order valence-corrected chi connectivity index (χ3v) is 6.94. The van der Waals surface area contributed by atoms with Crippen LogP contribution in [-0.4, -0.2) is 38.8 Å². The Morgan fingerprint density at radius 3 is 2.57 bits per heavy atom. The maximum atomic E-state index is 15.2. The van der Waals surface area contributed by atoms with Gasteiger partial charge in [0, 0.05) is 31.4 Å². The number of alkyl halides is 3. The largest absolute Gasteiger partial charge is 0.452 e. The third-order valence-electron chi connectivity index (χ3n) is 6.66. The molecule has 1 fully saturated rings. The van der Waals surface area contributed by atoms with Crippen molar-refractivity contribution >= 4 is 35.0 Å². The number of halogens is 5. The predicted molar refractivity (Wildman–Crippen MR) is 149 cm³/mol. The number of aryl methyl sites for hydroxylation is 2. The Bertz CT molecular complexity index is 1530. The van der Waals surface area contributed by atoms with Gasteiger partial charge in [0.05, 0.1) is 11.9 Å². The normalized spacial score (nSPS) is 14.6. The van der Waals surface area contributed by atoms with E-state index in [2.05, 4.69) is 42.0 Å². The highest BCUT2D eigenvalue weighted by atomic mass is 35.5. The Labute approximate surface area is 244 Å². The van der Waals surface area contributed by atoms with Gasteiger partial charge in [-0.25, -0.2) is 14.4 Å². The summed E-state index contributed by atoms with van der Waals surface area (Å²) in [7, 11) is 0. The Hall–Kier alpha value is -4.17. The fourth-order valence-corrected chi connectivity index (χ4v) is 4.80. The number of piperidine rings is 1. The summed E-state index contributed by atoms with van der Waals surface area (Å²) in [5.41, 5.74) is 4.49. The molecule has 10 nitrogen and oxygen atoms in total. The number of hydrogen-bond acceptors (Lipinski definition) is 9. The topological polar surface area (TPSA) is 134 Å². The molecule has 0 radical (unpaired) electrons. The van der Waals surface area contributed by atoms with Gasteiger partial charge in [-0.05, 0) is 61.9 Å². The van der Waals surface area contributed by atoms with Gasteiger partial charge >= 0.3 is 6.18 Å². The zero-order chi connectivity index (χ0) is 30.8. The summed E-state index contributed by atoms with van der Waals surface area (Å²) in [4.78, 5) is 26.2. The van der Waals surface area contributed by atoms with Gasteiger partial charge in [-0.15, -0.1) is 0 Å². The minimum Gasteiger partial charge on any atom is -0.436 e. The van der Waals surface area contributed by atoms with Crippen molar-refractivity contribution in [2.75, 3.05) is 23.7 Å². The lowest BCUT2D eigenvalue weighted by atomic mass is 9.86. The molecule has 1 amide bonds. The van der Waals surface area contributed by atoms with E-state index in [-0.39, 0.29) is 47.4 Å². The van der Waals surface area contributed by atoms with Crippen LogP contribution >= 0.6 is 11.6 Å². The number of aromatic nitrogens is 3. The van der Waals surface area contributed by atoms with E-state index >= 15 is 4.39 Å². The third kappa shape index (κ3) is 6.99. The molecular formula is C27H29ClF4N8O2. The Balaban J connectivity index is 1.45. The number of anilines is 3. The standard InChI is InChI=1S/C27H29ClF4N8O2/c1-13-9-21(37-26-34-12-19(28)24(38-26)35-14(2)10-15(3)39-33)20(29)11-18(13)17-5-7-40(8-6-17)25(41)22-23(27(30,31)32)42-16(4)36-22/h9-12,17,39H,2,5-8,33H2,1,3-4H3,(H2,34,35,37,38)/b15-10-. The van der Waals surface area contributed by atoms with E-state index in [1.165, 1.54) is 24.1 Å². The van der Waals surface area contributed by atoms with Crippen molar-refractivity contribution in [3.8, 4) is 0 Å². The van der Waals surface area contributed by atoms with Crippen molar-refractivity contribution in [2.45, 2.75) is 45.7 Å². The second kappa shape index (κ2) is 12.4. The highest BCUT2D eigenvalue weighted by Crippen LogP contribution is 2.36. The van der Waals surface area contributed by atoms with Crippen LogP contribution in [0.25, 0.3) is 0 Å². The minimum atomic E-state index is -4.84. The maximum absolute atomic E-state index is 15.2. The van der Waals surface area contributed by atoms with Crippen LogP contribution in [0.5, 0.6) is 0 Å². The fourth-order valence-electron chi connectivity index (χ4n) is 4.67. The molecule has 0 unspecified atom stereocenters. The molecule has 0 atom stereocenters. The van der Waals surface area contributed by atoms with E-state index in [1.54, 1.807) is 19.1 Å². The number of hydrazine groups is 1. The van der Waals surface area contributed by atoms with E-state index in [4.69, 9.17) is 17.4 Å². The number of benzene rings is 1. The van der Waals surface area contributed by atoms with E-state index < -0.39 is 29.4 Å². The maximum Gasteiger partial charge on any atom is 0.452 e. The van der Waals surface area contributed by atoms with Gasteiger partial charge < -0.3 is 25.4 Å². The second-order valence-corrected chi connectivity index (χ2v) is 10.2. The number of allylic oxidation sites excluding steroid dienone is 2. The quantitative estimate of drug-likeness (QED) is 0.106. The van der Waals surface area contributed by atoms with Crippen molar-refractivity contribution < 1.29 is 26.8 Å². The van der Waals surface area contributed by atoms with Crippen LogP contribution in [0.4, 0.5) is 35.0 Å². The molecule has 2 aromatic heterocycles. The van der Waals surface area contributed by atoms with Crippen LogP contribution in [0.3, 0.4) is 0 Å². The Kier molecular flexibility index (Phi) is 9.06. The molecule has 3 heterocycles. The summed E-state index contributed by atoms with van der Waals surface area (Å²) in [5.74, 6) is 2.55. The fraction of sp³-hybridized carbons (Fsp3) is 0.333. The van der Waals surface area contributed by atoms with E-state index in [0.29, 0.717) is 24.2 Å². The van der Waals surface area contributed by atoms with Gasteiger partial charge in [0.1, 0.15) is 10.8 Å². The molecule has 0 bridgehead atoms. The van der Waals surface area contributed by atoms with Gasteiger partial charge in [0.25, 0.3) is 5.91 Å². The molecule has 4 rings (SSSR count). The summed E-state index contributed by atoms with van der Waals surface area (Å²) in [6, 6.07) is 3.03. The number of amides is 1. The first-order chi connectivity index (χ1) is 19.8. The average molecular weight is 609 g/mol. The van der Waals surface area contributed by atoms with Gasteiger partial charge in [-0.3, -0.25) is 10.6 Å². The molecule has 1 saturated heterocycles. The summed E-state index contributed by atoms with van der Waals surface area (Å²) in [6.07, 6.45) is -0.968. The number of nitrogens with one attached hydrogen (secondary N) is 3. The molecule has 3 aromatic rings. The number of carbonyl (C=O) groups excluding carboxylic acids is 1. The first-order valence-corrected chi connectivity index (χ1v) is 13.2. The Morgan fingerprint density at radius 1 is 1.24 bits per heavy atom. The zero-order valence-electron chi connectivity index (χ0n) is 23.0.